The molecule has 0 aliphatic heterocycles. The number of hydrogen-bond acceptors (Lipinski definition) is 3. The third-order valence-electron chi connectivity index (χ3n) is 2.78. The molecule has 0 aliphatic rings. The Balaban J connectivity index is 1.86. The van der Waals surface area contributed by atoms with E-state index in [9.17, 15) is 18.0 Å². The average Bonchev–Trinajstić information content (AvgIpc) is 2.94. The first kappa shape index (κ1) is 16.9. The highest BCUT2D eigenvalue weighted by molar-refractivity contribution is 6.30. The Hall–Kier alpha value is -2.48. The second kappa shape index (κ2) is 6.74. The molecule has 0 saturated carbocycles. The summed E-state index contributed by atoms with van der Waals surface area (Å²) in [7, 11) is 0. The van der Waals surface area contributed by atoms with Crippen molar-refractivity contribution in [1.82, 2.24) is 20.6 Å². The van der Waals surface area contributed by atoms with E-state index < -0.39 is 17.8 Å². The zero-order chi connectivity index (χ0) is 17.0. The van der Waals surface area contributed by atoms with Crippen LogP contribution in [0.1, 0.15) is 11.3 Å². The number of halogens is 4. The molecule has 5 nitrogen and oxygen atoms in total. The minimum Gasteiger partial charge on any atom is -0.299 e. The summed E-state index contributed by atoms with van der Waals surface area (Å²) < 4.78 is 38.1. The first-order chi connectivity index (χ1) is 10.8. The molecule has 2 rings (SSSR count). The van der Waals surface area contributed by atoms with E-state index in [4.69, 9.17) is 11.6 Å². The summed E-state index contributed by atoms with van der Waals surface area (Å²) >= 11 is 5.76. The number of benzene rings is 1. The third kappa shape index (κ3) is 4.75. The van der Waals surface area contributed by atoms with E-state index in [1.54, 1.807) is 24.3 Å². The lowest BCUT2D eigenvalue weighted by Crippen LogP contribution is -2.38. The molecule has 0 atom stereocenters. The number of rotatable bonds is 5. The van der Waals surface area contributed by atoms with Gasteiger partial charge in [-0.15, -0.1) is 0 Å². The van der Waals surface area contributed by atoms with Gasteiger partial charge in [-0.2, -0.15) is 18.3 Å². The molecule has 0 spiro atoms. The van der Waals surface area contributed by atoms with E-state index >= 15 is 0 Å². The van der Waals surface area contributed by atoms with Crippen molar-refractivity contribution in [3.63, 3.8) is 0 Å². The van der Waals surface area contributed by atoms with Crippen LogP contribution in [-0.4, -0.2) is 15.7 Å². The molecule has 1 heterocycles. The van der Waals surface area contributed by atoms with E-state index in [1.165, 1.54) is 0 Å². The van der Waals surface area contributed by atoms with Crippen LogP contribution in [0.3, 0.4) is 0 Å². The molecular weight excluding hydrogens is 333 g/mol. The van der Waals surface area contributed by atoms with Crippen LogP contribution in [-0.2, 0) is 17.5 Å². The lowest BCUT2D eigenvalue weighted by atomic mass is 10.2. The smallest absolute Gasteiger partial charge is 0.299 e. The number of aromatic nitrogens is 2. The van der Waals surface area contributed by atoms with Crippen LogP contribution < -0.4 is 10.9 Å². The molecule has 1 aromatic carbocycles. The van der Waals surface area contributed by atoms with Crippen molar-refractivity contribution in [2.45, 2.75) is 12.7 Å². The fourth-order valence-electron chi connectivity index (χ4n) is 1.66. The molecule has 1 aromatic heterocycles. The summed E-state index contributed by atoms with van der Waals surface area (Å²) in [5, 5.41) is 3.84. The van der Waals surface area contributed by atoms with Gasteiger partial charge in [0.1, 0.15) is 6.54 Å². The maximum atomic E-state index is 12.4. The van der Waals surface area contributed by atoms with Crippen LogP contribution >= 0.6 is 11.6 Å². The summed E-state index contributed by atoms with van der Waals surface area (Å²) in [5.41, 5.74) is 4.96. The number of carbonyl (C=O) groups is 1. The third-order valence-corrected chi connectivity index (χ3v) is 3.03. The van der Waals surface area contributed by atoms with Crippen molar-refractivity contribution in [1.29, 1.82) is 0 Å². The Kier molecular flexibility index (Phi) is 4.95. The second-order valence-electron chi connectivity index (χ2n) is 4.55. The Morgan fingerprint density at radius 1 is 1.22 bits per heavy atom. The summed E-state index contributed by atoms with van der Waals surface area (Å²) in [4.78, 5) is 11.7. The minimum absolute atomic E-state index is 0.364. The maximum absolute atomic E-state index is 12.4. The number of hydrogen-bond donors (Lipinski definition) is 2. The molecule has 122 valence electrons. The fourth-order valence-corrected chi connectivity index (χ4v) is 1.78. The molecule has 2 N–H and O–H groups in total. The number of nitrogens with one attached hydrogen (secondary N) is 2. The molecule has 2 aromatic rings. The average molecular weight is 345 g/mol. The highest BCUT2D eigenvalue weighted by Crippen LogP contribution is 2.27. The van der Waals surface area contributed by atoms with Gasteiger partial charge in [0, 0.05) is 11.2 Å². The predicted molar refractivity (Wildman–Crippen MR) is 79.0 cm³/mol. The van der Waals surface area contributed by atoms with E-state index in [2.05, 4.69) is 22.5 Å². The number of alkyl halides is 3. The van der Waals surface area contributed by atoms with Crippen molar-refractivity contribution in [2.24, 2.45) is 0 Å². The Morgan fingerprint density at radius 2 is 1.87 bits per heavy atom. The van der Waals surface area contributed by atoms with Crippen LogP contribution in [0.5, 0.6) is 0 Å². The lowest BCUT2D eigenvalue weighted by molar-refractivity contribution is -0.141. The number of amides is 1. The van der Waals surface area contributed by atoms with E-state index in [1.807, 2.05) is 0 Å². The van der Waals surface area contributed by atoms with Gasteiger partial charge in [-0.1, -0.05) is 30.3 Å². The summed E-state index contributed by atoms with van der Waals surface area (Å²) in [5.74, 6) is -0.572. The number of nitrogens with zero attached hydrogens (tertiary/aromatic N) is 2. The Labute approximate surface area is 134 Å². The van der Waals surface area contributed by atoms with Gasteiger partial charge in [-0.3, -0.25) is 20.3 Å². The molecule has 9 heteroatoms. The second-order valence-corrected chi connectivity index (χ2v) is 4.99. The zero-order valence-electron chi connectivity index (χ0n) is 11.7. The molecule has 23 heavy (non-hydrogen) atoms. The van der Waals surface area contributed by atoms with Gasteiger partial charge < -0.3 is 0 Å². The largest absolute Gasteiger partial charge is 0.435 e. The Bertz CT molecular complexity index is 710. The summed E-state index contributed by atoms with van der Waals surface area (Å²) in [6.45, 7) is 3.37. The molecular formula is C14H12ClF3N4O. The van der Waals surface area contributed by atoms with Gasteiger partial charge in [-0.05, 0) is 23.8 Å². The van der Waals surface area contributed by atoms with Crippen molar-refractivity contribution in [2.75, 3.05) is 0 Å². The van der Waals surface area contributed by atoms with Crippen molar-refractivity contribution >= 4 is 23.2 Å². The van der Waals surface area contributed by atoms with Gasteiger partial charge in [0.2, 0.25) is 0 Å². The number of carbonyl (C=O) groups excluding carboxylic acids is 1. The molecule has 0 aliphatic carbocycles. The van der Waals surface area contributed by atoms with Crippen LogP contribution in [0.15, 0.2) is 43.1 Å². The van der Waals surface area contributed by atoms with E-state index in [-0.39, 0.29) is 6.54 Å². The van der Waals surface area contributed by atoms with Gasteiger partial charge in [0.05, 0.1) is 5.70 Å². The van der Waals surface area contributed by atoms with E-state index in [0.717, 1.165) is 16.9 Å². The SMILES string of the molecule is C=C(NNC(=O)Cn1ccc(C(F)(F)F)n1)c1ccc(Cl)cc1. The normalized spacial score (nSPS) is 11.1. The van der Waals surface area contributed by atoms with Gasteiger partial charge in [0.15, 0.2) is 5.69 Å². The van der Waals surface area contributed by atoms with Gasteiger partial charge >= 0.3 is 6.18 Å². The molecule has 0 fully saturated rings. The maximum Gasteiger partial charge on any atom is 0.435 e. The topological polar surface area (TPSA) is 58.9 Å². The summed E-state index contributed by atoms with van der Waals surface area (Å²) in [6, 6.07) is 7.52. The van der Waals surface area contributed by atoms with Crippen molar-refractivity contribution < 1.29 is 18.0 Å². The van der Waals surface area contributed by atoms with Crippen LogP contribution in [0, 0.1) is 0 Å². The summed E-state index contributed by atoms with van der Waals surface area (Å²) in [6.07, 6.45) is -3.46. The first-order valence-corrected chi connectivity index (χ1v) is 6.74. The van der Waals surface area contributed by atoms with Crippen molar-refractivity contribution in [3.8, 4) is 0 Å². The molecule has 0 saturated heterocycles. The Morgan fingerprint density at radius 3 is 2.43 bits per heavy atom. The minimum atomic E-state index is -4.54. The molecule has 0 radical (unpaired) electrons. The fraction of sp³-hybridized carbons (Fsp3) is 0.143. The van der Waals surface area contributed by atoms with Crippen molar-refractivity contribution in [3.05, 3.63) is 59.4 Å². The highest BCUT2D eigenvalue weighted by Gasteiger charge is 2.33. The quantitative estimate of drug-likeness (QED) is 0.820. The molecule has 0 unspecified atom stereocenters. The molecule has 1 amide bonds. The molecule has 0 bridgehead atoms. The number of hydrazine groups is 1. The first-order valence-electron chi connectivity index (χ1n) is 6.36. The van der Waals surface area contributed by atoms with E-state index in [0.29, 0.717) is 16.3 Å². The predicted octanol–water partition coefficient (Wildman–Crippen LogP) is 2.85. The van der Waals surface area contributed by atoms with Gasteiger partial charge in [-0.25, -0.2) is 0 Å². The van der Waals surface area contributed by atoms with Crippen LogP contribution in [0.4, 0.5) is 13.2 Å². The standard InChI is InChI=1S/C14H12ClF3N4O/c1-9(10-2-4-11(15)5-3-10)19-20-13(23)8-22-7-6-12(21-22)14(16,17)18/h2-7,19H,1,8H2,(H,20,23). The highest BCUT2D eigenvalue weighted by atomic mass is 35.5. The van der Waals surface area contributed by atoms with Crippen LogP contribution in [0.25, 0.3) is 5.70 Å². The monoisotopic (exact) mass is 344 g/mol. The van der Waals surface area contributed by atoms with Gasteiger partial charge in [0.25, 0.3) is 5.91 Å². The van der Waals surface area contributed by atoms with Crippen LogP contribution in [0.2, 0.25) is 5.02 Å². The lowest BCUT2D eigenvalue weighted by Gasteiger charge is -2.11. The zero-order valence-corrected chi connectivity index (χ0v) is 12.4.